The minimum Gasteiger partial charge on any atom is -0.489 e. The van der Waals surface area contributed by atoms with Crippen LogP contribution < -0.4 is 10.1 Å². The van der Waals surface area contributed by atoms with E-state index in [-0.39, 0.29) is 18.1 Å². The summed E-state index contributed by atoms with van der Waals surface area (Å²) >= 11 is 0. The van der Waals surface area contributed by atoms with Crippen molar-refractivity contribution in [3.63, 3.8) is 0 Å². The lowest BCUT2D eigenvalue weighted by Crippen LogP contribution is -2.46. The molecule has 0 bridgehead atoms. The van der Waals surface area contributed by atoms with E-state index in [0.717, 1.165) is 24.8 Å². The Balaban J connectivity index is 1.48. The zero-order valence-electron chi connectivity index (χ0n) is 21.2. The average molecular weight is 479 g/mol. The molecule has 6 heteroatoms. The van der Waals surface area contributed by atoms with E-state index >= 15 is 0 Å². The van der Waals surface area contributed by atoms with E-state index < -0.39 is 6.10 Å². The highest BCUT2D eigenvalue weighted by molar-refractivity contribution is 5.69. The number of carbonyl (C=O) groups is 1. The van der Waals surface area contributed by atoms with Crippen molar-refractivity contribution >= 4 is 5.97 Å². The standard InChI is InChI=1S/C29H38N2O4/c1-4-34-27(33)14-8-12-22-11-7-13-25(18-30)28(22)35-20-26(32)19-31-29(2,3)17-21-15-23-9-5-6-10-24(23)16-21/h5-7,9-11,13,21,26,31-32H,4,8,12,14-17,19-20H2,1-3H3/t26-/m0/s1. The van der Waals surface area contributed by atoms with Crippen LogP contribution in [0.3, 0.4) is 0 Å². The van der Waals surface area contributed by atoms with Crippen molar-refractivity contribution in [1.82, 2.24) is 5.32 Å². The number of carbonyl (C=O) groups excluding carboxylic acids is 1. The van der Waals surface area contributed by atoms with Gasteiger partial charge in [0.05, 0.1) is 12.2 Å². The molecule has 35 heavy (non-hydrogen) atoms. The highest BCUT2D eigenvalue weighted by Crippen LogP contribution is 2.32. The maximum atomic E-state index is 11.6. The van der Waals surface area contributed by atoms with Gasteiger partial charge in [0, 0.05) is 18.5 Å². The number of ether oxygens (including phenoxy) is 2. The number of aryl methyl sites for hydroxylation is 1. The van der Waals surface area contributed by atoms with Crippen molar-refractivity contribution in [3.8, 4) is 11.8 Å². The van der Waals surface area contributed by atoms with E-state index in [1.54, 1.807) is 13.0 Å². The summed E-state index contributed by atoms with van der Waals surface area (Å²) in [7, 11) is 0. The summed E-state index contributed by atoms with van der Waals surface area (Å²) in [6.07, 6.45) is 4.04. The van der Waals surface area contributed by atoms with Crippen LogP contribution in [-0.4, -0.2) is 42.5 Å². The molecule has 0 saturated carbocycles. The summed E-state index contributed by atoms with van der Waals surface area (Å²) in [6.45, 7) is 7.00. The molecule has 3 rings (SSSR count). The van der Waals surface area contributed by atoms with Gasteiger partial charge in [0.25, 0.3) is 0 Å². The summed E-state index contributed by atoms with van der Waals surface area (Å²) in [4.78, 5) is 11.6. The molecular formula is C29H38N2O4. The van der Waals surface area contributed by atoms with Crippen LogP contribution in [0.4, 0.5) is 0 Å². The largest absolute Gasteiger partial charge is 0.489 e. The van der Waals surface area contributed by atoms with Crippen LogP contribution >= 0.6 is 0 Å². The smallest absolute Gasteiger partial charge is 0.305 e. The van der Waals surface area contributed by atoms with Crippen molar-refractivity contribution in [2.45, 2.75) is 70.9 Å². The van der Waals surface area contributed by atoms with Crippen LogP contribution in [0.25, 0.3) is 0 Å². The number of nitrogens with zero attached hydrogens (tertiary/aromatic N) is 1. The quantitative estimate of drug-likeness (QED) is 0.416. The summed E-state index contributed by atoms with van der Waals surface area (Å²) in [5.41, 5.74) is 4.08. The molecule has 6 nitrogen and oxygen atoms in total. The minimum absolute atomic E-state index is 0.0848. The second-order valence-electron chi connectivity index (χ2n) is 10.0. The van der Waals surface area contributed by atoms with E-state index in [2.05, 4.69) is 49.5 Å². The van der Waals surface area contributed by atoms with Gasteiger partial charge in [-0.3, -0.25) is 4.79 Å². The first kappa shape index (κ1) is 26.7. The van der Waals surface area contributed by atoms with Gasteiger partial charge in [-0.25, -0.2) is 0 Å². The Kier molecular flexibility index (Phi) is 9.71. The first-order valence-electron chi connectivity index (χ1n) is 12.6. The maximum Gasteiger partial charge on any atom is 0.305 e. The molecule has 188 valence electrons. The highest BCUT2D eigenvalue weighted by Gasteiger charge is 2.28. The molecule has 0 fully saturated rings. The van der Waals surface area contributed by atoms with Gasteiger partial charge in [-0.15, -0.1) is 0 Å². The Hall–Kier alpha value is -2.88. The summed E-state index contributed by atoms with van der Waals surface area (Å²) in [6, 6.07) is 16.2. The first-order valence-corrected chi connectivity index (χ1v) is 12.6. The molecule has 1 aliphatic carbocycles. The molecular weight excluding hydrogens is 440 g/mol. The normalized spacial score (nSPS) is 14.3. The predicted molar refractivity (Wildman–Crippen MR) is 136 cm³/mol. The number of aliphatic hydroxyl groups is 1. The fourth-order valence-electron chi connectivity index (χ4n) is 4.92. The average Bonchev–Trinajstić information content (AvgIpc) is 3.23. The Morgan fingerprint density at radius 2 is 1.91 bits per heavy atom. The molecule has 0 radical (unpaired) electrons. The van der Waals surface area contributed by atoms with Crippen molar-refractivity contribution in [3.05, 3.63) is 64.7 Å². The number of β-amino-alcohol motifs (C(OH)–C–C–N with tert-alkyl or cyclic N) is 1. The molecule has 0 saturated heterocycles. The van der Waals surface area contributed by atoms with Crippen molar-refractivity contribution < 1.29 is 19.4 Å². The zero-order chi connectivity index (χ0) is 25.3. The third-order valence-corrected chi connectivity index (χ3v) is 6.52. The molecule has 2 aromatic rings. The van der Waals surface area contributed by atoms with Crippen LogP contribution in [0.5, 0.6) is 5.75 Å². The van der Waals surface area contributed by atoms with Crippen molar-refractivity contribution in [1.29, 1.82) is 5.26 Å². The topological polar surface area (TPSA) is 91.6 Å². The van der Waals surface area contributed by atoms with Gasteiger partial charge in [-0.1, -0.05) is 36.4 Å². The number of nitrogens with one attached hydrogen (secondary N) is 1. The molecule has 0 aromatic heterocycles. The third-order valence-electron chi connectivity index (χ3n) is 6.52. The van der Waals surface area contributed by atoms with E-state index in [1.165, 1.54) is 11.1 Å². The van der Waals surface area contributed by atoms with Gasteiger partial charge < -0.3 is 19.9 Å². The van der Waals surface area contributed by atoms with Crippen molar-refractivity contribution in [2.24, 2.45) is 5.92 Å². The Labute approximate surface area is 209 Å². The fraction of sp³-hybridized carbons (Fsp3) is 0.517. The number of fused-ring (bicyclic) bond motifs is 1. The van der Waals surface area contributed by atoms with Gasteiger partial charge in [-0.05, 0) is 81.5 Å². The van der Waals surface area contributed by atoms with Crippen LogP contribution in [-0.2, 0) is 28.8 Å². The lowest BCUT2D eigenvalue weighted by molar-refractivity contribution is -0.143. The molecule has 0 aliphatic heterocycles. The van der Waals surface area contributed by atoms with Gasteiger partial charge in [0.15, 0.2) is 0 Å². The molecule has 0 spiro atoms. The molecule has 0 unspecified atom stereocenters. The Bertz CT molecular complexity index is 1000. The number of benzene rings is 2. The second-order valence-corrected chi connectivity index (χ2v) is 10.0. The van der Waals surface area contributed by atoms with Crippen LogP contribution in [0.15, 0.2) is 42.5 Å². The lowest BCUT2D eigenvalue weighted by Gasteiger charge is -2.30. The lowest BCUT2D eigenvalue weighted by atomic mass is 9.88. The number of aliphatic hydroxyl groups excluding tert-OH is 1. The minimum atomic E-state index is -0.714. The van der Waals surface area contributed by atoms with Gasteiger partial charge in [-0.2, -0.15) is 5.26 Å². The Morgan fingerprint density at radius 3 is 2.57 bits per heavy atom. The SMILES string of the molecule is CCOC(=O)CCCc1cccc(C#N)c1OC[C@@H](O)CNC(C)(C)CC1Cc2ccccc2C1. The number of rotatable bonds is 13. The van der Waals surface area contributed by atoms with E-state index in [9.17, 15) is 15.2 Å². The van der Waals surface area contributed by atoms with E-state index in [1.807, 2.05) is 12.1 Å². The van der Waals surface area contributed by atoms with Gasteiger partial charge in [0.2, 0.25) is 0 Å². The zero-order valence-corrected chi connectivity index (χ0v) is 21.2. The van der Waals surface area contributed by atoms with Crippen LogP contribution in [0.2, 0.25) is 0 Å². The van der Waals surface area contributed by atoms with Gasteiger partial charge in [0.1, 0.15) is 24.5 Å². The number of hydrogen-bond acceptors (Lipinski definition) is 6. The van der Waals surface area contributed by atoms with E-state index in [4.69, 9.17) is 9.47 Å². The summed E-state index contributed by atoms with van der Waals surface area (Å²) in [5, 5.41) is 23.6. The third kappa shape index (κ3) is 8.09. The van der Waals surface area contributed by atoms with E-state index in [0.29, 0.717) is 49.6 Å². The van der Waals surface area contributed by atoms with Gasteiger partial charge >= 0.3 is 5.97 Å². The molecule has 2 N–H and O–H groups in total. The summed E-state index contributed by atoms with van der Waals surface area (Å²) in [5.74, 6) is 0.862. The fourth-order valence-corrected chi connectivity index (χ4v) is 4.92. The number of esters is 1. The van der Waals surface area contributed by atoms with Crippen LogP contribution in [0.1, 0.15) is 62.3 Å². The Morgan fingerprint density at radius 1 is 1.20 bits per heavy atom. The number of para-hydroxylation sites is 1. The first-order chi connectivity index (χ1) is 16.8. The maximum absolute atomic E-state index is 11.6. The number of nitriles is 1. The molecule has 0 heterocycles. The second kappa shape index (κ2) is 12.7. The number of hydrogen-bond donors (Lipinski definition) is 2. The van der Waals surface area contributed by atoms with Crippen molar-refractivity contribution in [2.75, 3.05) is 19.8 Å². The molecule has 0 amide bonds. The highest BCUT2D eigenvalue weighted by atomic mass is 16.5. The summed E-state index contributed by atoms with van der Waals surface area (Å²) < 4.78 is 10.9. The predicted octanol–water partition coefficient (Wildman–Crippen LogP) is 4.36. The monoisotopic (exact) mass is 478 g/mol. The molecule has 1 atom stereocenters. The van der Waals surface area contributed by atoms with Crippen LogP contribution in [0, 0.1) is 17.2 Å². The molecule has 1 aliphatic rings. The molecule has 2 aromatic carbocycles.